The second-order valence-electron chi connectivity index (χ2n) is 5.50. The van der Waals surface area contributed by atoms with E-state index >= 15 is 0 Å². The molecule has 0 radical (unpaired) electrons. The molecule has 1 fully saturated rings. The van der Waals surface area contributed by atoms with Gasteiger partial charge in [0, 0.05) is 30.5 Å². The summed E-state index contributed by atoms with van der Waals surface area (Å²) in [6.07, 6.45) is 1.42. The van der Waals surface area contributed by atoms with E-state index in [0.29, 0.717) is 19.0 Å². The van der Waals surface area contributed by atoms with E-state index in [1.807, 2.05) is 25.7 Å². The summed E-state index contributed by atoms with van der Waals surface area (Å²) in [5.41, 5.74) is 1.16. The van der Waals surface area contributed by atoms with Crippen LogP contribution in [0.4, 0.5) is 5.95 Å². The smallest absolute Gasteiger partial charge is 0.225 e. The molecule has 1 aliphatic heterocycles. The molecular weight excluding hydrogens is 246 g/mol. The lowest BCUT2D eigenvalue weighted by atomic mass is 10.1. The topological polar surface area (TPSA) is 78.7 Å². The van der Waals surface area contributed by atoms with Crippen LogP contribution >= 0.6 is 0 Å². The van der Waals surface area contributed by atoms with Crippen molar-refractivity contribution in [3.63, 3.8) is 0 Å². The Labute approximate surface area is 113 Å². The molecule has 0 amide bonds. The van der Waals surface area contributed by atoms with Gasteiger partial charge >= 0.3 is 0 Å². The van der Waals surface area contributed by atoms with E-state index in [1.54, 1.807) is 6.20 Å². The Bertz CT molecular complexity index is 451. The zero-order chi connectivity index (χ0) is 14.0. The first-order valence-corrected chi connectivity index (χ1v) is 6.42. The van der Waals surface area contributed by atoms with Gasteiger partial charge in [0.15, 0.2) is 0 Å². The fourth-order valence-corrected chi connectivity index (χ4v) is 2.33. The number of nitrogens with zero attached hydrogens (tertiary/aromatic N) is 3. The number of ether oxygens (including phenoxy) is 1. The number of aliphatic hydroxyl groups is 2. The van der Waals surface area contributed by atoms with Gasteiger partial charge in [-0.3, -0.25) is 0 Å². The van der Waals surface area contributed by atoms with Gasteiger partial charge in [0.1, 0.15) is 0 Å². The molecule has 0 bridgehead atoms. The molecule has 0 aliphatic carbocycles. The van der Waals surface area contributed by atoms with Crippen LogP contribution in [-0.2, 0) is 11.3 Å². The lowest BCUT2D eigenvalue weighted by Crippen LogP contribution is -2.54. The first-order chi connectivity index (χ1) is 8.95. The molecule has 6 nitrogen and oxygen atoms in total. The van der Waals surface area contributed by atoms with Crippen LogP contribution < -0.4 is 4.90 Å². The summed E-state index contributed by atoms with van der Waals surface area (Å²) < 4.78 is 5.76. The fourth-order valence-electron chi connectivity index (χ4n) is 2.33. The van der Waals surface area contributed by atoms with Crippen molar-refractivity contribution in [3.8, 4) is 0 Å². The quantitative estimate of drug-likeness (QED) is 0.817. The molecule has 1 aromatic heterocycles. The van der Waals surface area contributed by atoms with Gasteiger partial charge in [-0.2, -0.15) is 0 Å². The normalized spacial score (nSPS) is 22.6. The molecule has 6 heteroatoms. The Morgan fingerprint density at radius 1 is 1.47 bits per heavy atom. The predicted molar refractivity (Wildman–Crippen MR) is 70.9 cm³/mol. The molecule has 1 aliphatic rings. The van der Waals surface area contributed by atoms with E-state index < -0.39 is 0 Å². The molecule has 2 heterocycles. The summed E-state index contributed by atoms with van der Waals surface area (Å²) >= 11 is 0. The van der Waals surface area contributed by atoms with Gasteiger partial charge in [0.05, 0.1) is 24.9 Å². The van der Waals surface area contributed by atoms with E-state index in [4.69, 9.17) is 9.84 Å². The van der Waals surface area contributed by atoms with E-state index in [9.17, 15) is 5.11 Å². The molecule has 106 valence electrons. The van der Waals surface area contributed by atoms with Crippen molar-refractivity contribution in [1.29, 1.82) is 0 Å². The molecule has 2 N–H and O–H groups in total. The second kappa shape index (κ2) is 5.40. The average Bonchev–Trinajstić information content (AvgIpc) is 2.36. The first-order valence-electron chi connectivity index (χ1n) is 6.42. The number of hydrogen-bond acceptors (Lipinski definition) is 6. The summed E-state index contributed by atoms with van der Waals surface area (Å²) in [5.74, 6) is 0.615. The van der Waals surface area contributed by atoms with Crippen LogP contribution in [0.3, 0.4) is 0 Å². The molecule has 1 saturated heterocycles. The zero-order valence-corrected chi connectivity index (χ0v) is 11.6. The van der Waals surface area contributed by atoms with E-state index in [-0.39, 0.29) is 24.9 Å². The maximum absolute atomic E-state index is 9.30. The van der Waals surface area contributed by atoms with Crippen molar-refractivity contribution in [2.75, 3.05) is 24.6 Å². The Balaban J connectivity index is 2.23. The van der Waals surface area contributed by atoms with Gasteiger partial charge in [0.25, 0.3) is 0 Å². The van der Waals surface area contributed by atoms with Crippen LogP contribution in [0.2, 0.25) is 0 Å². The van der Waals surface area contributed by atoms with Crippen LogP contribution in [-0.4, -0.2) is 51.6 Å². The van der Waals surface area contributed by atoms with Gasteiger partial charge in [-0.15, -0.1) is 0 Å². The van der Waals surface area contributed by atoms with E-state index in [1.165, 1.54) is 0 Å². The number of anilines is 1. The minimum absolute atomic E-state index is 0.0202. The Kier molecular flexibility index (Phi) is 4.03. The third-order valence-corrected chi connectivity index (χ3v) is 3.21. The highest BCUT2D eigenvalue weighted by Gasteiger charge is 2.34. The number of hydrogen-bond donors (Lipinski definition) is 2. The predicted octanol–water partition coefficient (Wildman–Crippen LogP) is 0.253. The van der Waals surface area contributed by atoms with Crippen LogP contribution in [0.1, 0.15) is 25.1 Å². The first kappa shape index (κ1) is 14.2. The molecule has 2 rings (SSSR count). The van der Waals surface area contributed by atoms with Gasteiger partial charge in [0.2, 0.25) is 5.95 Å². The van der Waals surface area contributed by atoms with Crippen molar-refractivity contribution >= 4 is 5.95 Å². The molecule has 0 saturated carbocycles. The molecule has 19 heavy (non-hydrogen) atoms. The minimum atomic E-state index is -0.349. The molecule has 0 aromatic carbocycles. The van der Waals surface area contributed by atoms with Gasteiger partial charge in [-0.05, 0) is 20.8 Å². The van der Waals surface area contributed by atoms with Gasteiger partial charge in [-0.1, -0.05) is 0 Å². The molecule has 0 spiro atoms. The fraction of sp³-hybridized carbons (Fsp3) is 0.692. The monoisotopic (exact) mass is 267 g/mol. The standard InChI is InChI=1S/C13H21N3O3/c1-9-10(6-17)4-14-12(15-9)16-5-11(7-18)19-13(2,3)8-16/h4,11,17-18H,5-8H2,1-3H3. The number of aliphatic hydroxyl groups excluding tert-OH is 2. The van der Waals surface area contributed by atoms with Crippen molar-refractivity contribution < 1.29 is 14.9 Å². The van der Waals surface area contributed by atoms with Gasteiger partial charge in [-0.25, -0.2) is 9.97 Å². The molecule has 1 unspecified atom stereocenters. The third kappa shape index (κ3) is 3.20. The average molecular weight is 267 g/mol. The van der Waals surface area contributed by atoms with Gasteiger partial charge < -0.3 is 19.8 Å². The lowest BCUT2D eigenvalue weighted by Gasteiger charge is -2.42. The highest BCUT2D eigenvalue weighted by Crippen LogP contribution is 2.24. The maximum Gasteiger partial charge on any atom is 0.225 e. The maximum atomic E-state index is 9.30. The Morgan fingerprint density at radius 3 is 2.79 bits per heavy atom. The number of aromatic nitrogens is 2. The second-order valence-corrected chi connectivity index (χ2v) is 5.50. The van der Waals surface area contributed by atoms with Crippen LogP contribution in [0.25, 0.3) is 0 Å². The summed E-state index contributed by atoms with van der Waals surface area (Å²) in [6.45, 7) is 6.98. The summed E-state index contributed by atoms with van der Waals surface area (Å²) in [6, 6.07) is 0. The Morgan fingerprint density at radius 2 is 2.21 bits per heavy atom. The largest absolute Gasteiger partial charge is 0.394 e. The third-order valence-electron chi connectivity index (χ3n) is 3.21. The van der Waals surface area contributed by atoms with Crippen molar-refractivity contribution in [2.24, 2.45) is 0 Å². The summed E-state index contributed by atoms with van der Waals surface area (Å²) in [5, 5.41) is 18.4. The lowest BCUT2D eigenvalue weighted by molar-refractivity contribution is -0.101. The summed E-state index contributed by atoms with van der Waals surface area (Å²) in [4.78, 5) is 10.7. The molecular formula is C13H21N3O3. The van der Waals surface area contributed by atoms with E-state index in [0.717, 1.165) is 11.3 Å². The van der Waals surface area contributed by atoms with Crippen molar-refractivity contribution in [3.05, 3.63) is 17.5 Å². The molecule has 1 atom stereocenters. The van der Waals surface area contributed by atoms with Crippen LogP contribution in [0.15, 0.2) is 6.20 Å². The number of aryl methyl sites for hydroxylation is 1. The molecule has 1 aromatic rings. The zero-order valence-electron chi connectivity index (χ0n) is 11.6. The SMILES string of the molecule is Cc1nc(N2CC(CO)OC(C)(C)C2)ncc1CO. The number of rotatable bonds is 3. The summed E-state index contributed by atoms with van der Waals surface area (Å²) in [7, 11) is 0. The Hall–Kier alpha value is -1.24. The highest BCUT2D eigenvalue weighted by molar-refractivity contribution is 5.34. The van der Waals surface area contributed by atoms with Crippen molar-refractivity contribution in [1.82, 2.24) is 9.97 Å². The van der Waals surface area contributed by atoms with E-state index in [2.05, 4.69) is 9.97 Å². The van der Waals surface area contributed by atoms with Crippen LogP contribution in [0, 0.1) is 6.92 Å². The van der Waals surface area contributed by atoms with Crippen LogP contribution in [0.5, 0.6) is 0 Å². The number of morpholine rings is 1. The van der Waals surface area contributed by atoms with Crippen molar-refractivity contribution in [2.45, 2.75) is 39.1 Å². The highest BCUT2D eigenvalue weighted by atomic mass is 16.5. The minimum Gasteiger partial charge on any atom is -0.394 e.